The molecule has 0 bridgehead atoms. The molecule has 2 amide bonds. The van der Waals surface area contributed by atoms with Crippen molar-refractivity contribution in [1.29, 1.82) is 0 Å². The van der Waals surface area contributed by atoms with Crippen molar-refractivity contribution < 1.29 is 22.7 Å². The molecule has 0 aliphatic rings. The predicted octanol–water partition coefficient (Wildman–Crippen LogP) is 7.37. The Morgan fingerprint density at radius 2 is 1.76 bits per heavy atom. The van der Waals surface area contributed by atoms with E-state index in [1.54, 1.807) is 42.7 Å². The molecule has 0 atom stereocenters. The number of urea groups is 1. The Balaban J connectivity index is 1.22. The lowest BCUT2D eigenvalue weighted by Gasteiger charge is -2.15. The third-order valence-corrected chi connectivity index (χ3v) is 6.81. The van der Waals surface area contributed by atoms with Crippen LogP contribution in [0.15, 0.2) is 73.3 Å². The number of alkyl halides is 3. The molecule has 10 nitrogen and oxygen atoms in total. The number of thiazole rings is 1. The number of anilines is 3. The van der Waals surface area contributed by atoms with Crippen LogP contribution < -0.4 is 20.7 Å². The summed E-state index contributed by atoms with van der Waals surface area (Å²) < 4.78 is 47.1. The van der Waals surface area contributed by atoms with E-state index in [0.29, 0.717) is 11.4 Å². The molecule has 2 aromatic carbocycles. The lowest BCUT2D eigenvalue weighted by Crippen LogP contribution is -2.21. The number of ether oxygens (including phenoxy) is 1. The van der Waals surface area contributed by atoms with Crippen molar-refractivity contribution >= 4 is 33.9 Å². The van der Waals surface area contributed by atoms with Crippen LogP contribution in [0.1, 0.15) is 24.6 Å². The molecule has 0 spiro atoms. The van der Waals surface area contributed by atoms with Gasteiger partial charge in [-0.1, -0.05) is 18.3 Å². The summed E-state index contributed by atoms with van der Waals surface area (Å²) in [7, 11) is 0. The van der Waals surface area contributed by atoms with Gasteiger partial charge in [0.1, 0.15) is 5.75 Å². The zero-order valence-electron chi connectivity index (χ0n) is 22.4. The van der Waals surface area contributed by atoms with Gasteiger partial charge >= 0.3 is 18.2 Å². The zero-order chi connectivity index (χ0) is 29.7. The summed E-state index contributed by atoms with van der Waals surface area (Å²) in [5, 5.41) is 13.3. The molecule has 0 aliphatic heterocycles. The zero-order valence-corrected chi connectivity index (χ0v) is 23.3. The SMILES string of the molecule is CCCNc1ncc(-c2ccc(Oc3ncc(NC(=O)Nc4cc(C(F)(F)F)ccc4-n4ccc(C)n4)cn3)cc2)s1. The van der Waals surface area contributed by atoms with Crippen molar-refractivity contribution in [3.05, 3.63) is 84.6 Å². The first-order valence-corrected chi connectivity index (χ1v) is 13.6. The summed E-state index contributed by atoms with van der Waals surface area (Å²) in [5.74, 6) is 0.511. The van der Waals surface area contributed by atoms with Crippen LogP contribution in [0.25, 0.3) is 16.1 Å². The van der Waals surface area contributed by atoms with Crippen molar-refractivity contribution in [2.45, 2.75) is 26.4 Å². The van der Waals surface area contributed by atoms with Crippen molar-refractivity contribution in [1.82, 2.24) is 24.7 Å². The maximum absolute atomic E-state index is 13.3. The Morgan fingerprint density at radius 1 is 1.00 bits per heavy atom. The highest BCUT2D eigenvalue weighted by Crippen LogP contribution is 2.34. The van der Waals surface area contributed by atoms with Gasteiger partial charge in [-0.15, -0.1) is 0 Å². The van der Waals surface area contributed by atoms with Crippen molar-refractivity contribution in [2.75, 3.05) is 22.5 Å². The minimum absolute atomic E-state index is 0.0479. The molecule has 0 saturated carbocycles. The highest BCUT2D eigenvalue weighted by molar-refractivity contribution is 7.18. The monoisotopic (exact) mass is 594 g/mol. The molecular weight excluding hydrogens is 569 g/mol. The number of nitrogens with one attached hydrogen (secondary N) is 3. The second-order valence-electron chi connectivity index (χ2n) is 9.05. The number of amides is 2. The minimum atomic E-state index is -4.59. The number of halogens is 3. The first-order valence-electron chi connectivity index (χ1n) is 12.8. The standard InChI is InChI=1S/C28H25F3N8O2S/c1-3-11-32-27-35-16-24(42-27)18-4-7-21(8-5-18)41-26-33-14-20(15-34-26)36-25(40)37-22-13-19(28(29,30)31)6-9-23(22)39-12-10-17(2)38-39/h4-10,12-16H,3,11H2,1-2H3,(H,32,35)(H2,36,37,40). The van der Waals surface area contributed by atoms with E-state index in [9.17, 15) is 18.0 Å². The maximum Gasteiger partial charge on any atom is 0.416 e. The second kappa shape index (κ2) is 12.3. The van der Waals surface area contributed by atoms with Gasteiger partial charge in [0.25, 0.3) is 0 Å². The molecule has 216 valence electrons. The third-order valence-electron chi connectivity index (χ3n) is 5.81. The molecule has 0 aliphatic carbocycles. The van der Waals surface area contributed by atoms with Gasteiger partial charge in [0.15, 0.2) is 5.13 Å². The molecule has 0 saturated heterocycles. The first-order chi connectivity index (χ1) is 20.2. The van der Waals surface area contributed by atoms with E-state index in [1.165, 1.54) is 23.1 Å². The summed E-state index contributed by atoms with van der Waals surface area (Å²) >= 11 is 1.56. The number of rotatable bonds is 9. The Labute approximate surface area is 242 Å². The van der Waals surface area contributed by atoms with Crippen molar-refractivity contribution in [3.8, 4) is 27.9 Å². The smallest absolute Gasteiger partial charge is 0.416 e. The molecule has 0 unspecified atom stereocenters. The van der Waals surface area contributed by atoms with Gasteiger partial charge in [-0.3, -0.25) is 0 Å². The molecule has 0 radical (unpaired) electrons. The minimum Gasteiger partial charge on any atom is -0.424 e. The molecule has 5 rings (SSSR count). The molecule has 3 aromatic heterocycles. The average molecular weight is 595 g/mol. The molecule has 14 heteroatoms. The van der Waals surface area contributed by atoms with E-state index in [-0.39, 0.29) is 23.1 Å². The van der Waals surface area contributed by atoms with Gasteiger partial charge in [-0.25, -0.2) is 24.4 Å². The fourth-order valence-electron chi connectivity index (χ4n) is 3.79. The molecule has 3 N–H and O–H groups in total. The number of carbonyl (C=O) groups is 1. The van der Waals surface area contributed by atoms with Crippen LogP contribution >= 0.6 is 11.3 Å². The van der Waals surface area contributed by atoms with Crippen LogP contribution in [0.4, 0.5) is 34.5 Å². The Morgan fingerprint density at radius 3 is 2.43 bits per heavy atom. The van der Waals surface area contributed by atoms with Gasteiger partial charge in [-0.2, -0.15) is 18.3 Å². The fourth-order valence-corrected chi connectivity index (χ4v) is 4.64. The van der Waals surface area contributed by atoms with Crippen LogP contribution in [0, 0.1) is 6.92 Å². The van der Waals surface area contributed by atoms with Crippen molar-refractivity contribution in [3.63, 3.8) is 0 Å². The quantitative estimate of drug-likeness (QED) is 0.163. The Kier molecular flexibility index (Phi) is 8.33. The number of benzene rings is 2. The number of aryl methyl sites for hydroxylation is 1. The number of hydrogen-bond donors (Lipinski definition) is 3. The van der Waals surface area contributed by atoms with E-state index in [0.717, 1.165) is 40.7 Å². The molecule has 5 aromatic rings. The highest BCUT2D eigenvalue weighted by atomic mass is 32.1. The van der Waals surface area contributed by atoms with Gasteiger partial charge in [0.05, 0.1) is 45.6 Å². The van der Waals surface area contributed by atoms with E-state index in [2.05, 4.69) is 42.9 Å². The normalized spacial score (nSPS) is 11.3. The van der Waals surface area contributed by atoms with E-state index in [1.807, 2.05) is 18.3 Å². The van der Waals surface area contributed by atoms with Gasteiger partial charge < -0.3 is 20.7 Å². The average Bonchev–Trinajstić information content (AvgIpc) is 3.62. The van der Waals surface area contributed by atoms with Crippen LogP contribution in [0.2, 0.25) is 0 Å². The summed E-state index contributed by atoms with van der Waals surface area (Å²) in [6, 6.07) is 11.3. The summed E-state index contributed by atoms with van der Waals surface area (Å²) in [5.41, 5.74) is 1.13. The maximum atomic E-state index is 13.3. The van der Waals surface area contributed by atoms with Crippen LogP contribution in [-0.4, -0.2) is 37.3 Å². The number of hydrogen-bond acceptors (Lipinski definition) is 8. The summed E-state index contributed by atoms with van der Waals surface area (Å²) in [6.45, 7) is 4.70. The van der Waals surface area contributed by atoms with E-state index in [4.69, 9.17) is 4.74 Å². The molecule has 0 fully saturated rings. The topological polar surface area (TPSA) is 119 Å². The van der Waals surface area contributed by atoms with Gasteiger partial charge in [0.2, 0.25) is 0 Å². The van der Waals surface area contributed by atoms with Crippen LogP contribution in [0.5, 0.6) is 11.8 Å². The lowest BCUT2D eigenvalue weighted by molar-refractivity contribution is -0.137. The van der Waals surface area contributed by atoms with E-state index < -0.39 is 17.8 Å². The number of aromatic nitrogens is 5. The van der Waals surface area contributed by atoms with Crippen LogP contribution in [-0.2, 0) is 6.18 Å². The summed E-state index contributed by atoms with van der Waals surface area (Å²) in [6.07, 6.45) is 2.47. The number of carbonyl (C=O) groups excluding carboxylic acids is 1. The highest BCUT2D eigenvalue weighted by Gasteiger charge is 2.31. The molecular formula is C28H25F3N8O2S. The second-order valence-corrected chi connectivity index (χ2v) is 10.1. The summed E-state index contributed by atoms with van der Waals surface area (Å²) in [4.78, 5) is 26.3. The predicted molar refractivity (Wildman–Crippen MR) is 154 cm³/mol. The molecule has 42 heavy (non-hydrogen) atoms. The number of nitrogens with zero attached hydrogens (tertiary/aromatic N) is 5. The van der Waals surface area contributed by atoms with Crippen molar-refractivity contribution in [2.24, 2.45) is 0 Å². The Bertz CT molecular complexity index is 1670. The largest absolute Gasteiger partial charge is 0.424 e. The van der Waals surface area contributed by atoms with Gasteiger partial charge in [0, 0.05) is 18.9 Å². The first kappa shape index (κ1) is 28.5. The Hall–Kier alpha value is -4.98. The molecule has 3 heterocycles. The van der Waals surface area contributed by atoms with Gasteiger partial charge in [-0.05, 0) is 67.4 Å². The fraction of sp³-hybridized carbons (Fsp3) is 0.179. The van der Waals surface area contributed by atoms with Crippen LogP contribution in [0.3, 0.4) is 0 Å². The third kappa shape index (κ3) is 7.01. The van der Waals surface area contributed by atoms with E-state index >= 15 is 0 Å². The lowest BCUT2D eigenvalue weighted by atomic mass is 10.1.